The van der Waals surface area contributed by atoms with E-state index >= 15 is 0 Å². The van der Waals surface area contributed by atoms with Crippen LogP contribution in [-0.4, -0.2) is 18.0 Å². The number of aromatic nitrogens is 2. The summed E-state index contributed by atoms with van der Waals surface area (Å²) in [5.74, 6) is 0.801. The predicted octanol–water partition coefficient (Wildman–Crippen LogP) is 2.56. The van der Waals surface area contributed by atoms with Gasteiger partial charge in [0.2, 0.25) is 0 Å². The number of halogens is 1. The molecule has 0 saturated heterocycles. The summed E-state index contributed by atoms with van der Waals surface area (Å²) < 4.78 is 24.2. The number of nitrogens with zero attached hydrogens (tertiary/aromatic N) is 2. The molecule has 16 heavy (non-hydrogen) atoms. The fourth-order valence-electron chi connectivity index (χ4n) is 1.49. The minimum Gasteiger partial charge on any atom is -0.333 e. The van der Waals surface area contributed by atoms with Crippen molar-refractivity contribution in [1.29, 1.82) is 0 Å². The van der Waals surface area contributed by atoms with Gasteiger partial charge < -0.3 is 4.57 Å². The molecule has 1 aromatic heterocycles. The van der Waals surface area contributed by atoms with Crippen LogP contribution in [0.15, 0.2) is 11.2 Å². The van der Waals surface area contributed by atoms with Crippen LogP contribution >= 0.6 is 10.7 Å². The molecule has 0 radical (unpaired) electrons. The summed E-state index contributed by atoms with van der Waals surface area (Å²) in [6, 6.07) is 0. The van der Waals surface area contributed by atoms with Crippen LogP contribution < -0.4 is 0 Å². The van der Waals surface area contributed by atoms with E-state index < -0.39 is 9.05 Å². The van der Waals surface area contributed by atoms with Crippen LogP contribution in [0.25, 0.3) is 0 Å². The molecule has 0 amide bonds. The molecular weight excluding hydrogens is 248 g/mol. The topological polar surface area (TPSA) is 52.0 Å². The fraction of sp³-hybridized carbons (Fsp3) is 0.700. The van der Waals surface area contributed by atoms with Gasteiger partial charge in [-0.3, -0.25) is 0 Å². The standard InChI is InChI=1S/C10H17ClN2O2S/c1-3-5-7-13-8-10(16(11,14)15)12-9(13)6-4-2/h8H,3-7H2,1-2H3. The fourth-order valence-corrected chi connectivity index (χ4v) is 2.18. The van der Waals surface area contributed by atoms with E-state index in [1.807, 2.05) is 11.5 Å². The van der Waals surface area contributed by atoms with Gasteiger partial charge in [-0.05, 0) is 12.8 Å². The van der Waals surface area contributed by atoms with Crippen molar-refractivity contribution in [3.05, 3.63) is 12.0 Å². The molecule has 1 heterocycles. The lowest BCUT2D eigenvalue weighted by Crippen LogP contribution is -2.02. The van der Waals surface area contributed by atoms with E-state index in [4.69, 9.17) is 10.7 Å². The van der Waals surface area contributed by atoms with Crippen molar-refractivity contribution in [2.75, 3.05) is 0 Å². The minimum atomic E-state index is -3.71. The third kappa shape index (κ3) is 3.49. The first kappa shape index (κ1) is 13.5. The molecule has 1 aromatic rings. The second-order valence-electron chi connectivity index (χ2n) is 3.73. The highest BCUT2D eigenvalue weighted by Crippen LogP contribution is 2.16. The normalized spacial score (nSPS) is 11.9. The Hall–Kier alpha value is -0.550. The first-order valence-electron chi connectivity index (χ1n) is 5.49. The average molecular weight is 265 g/mol. The van der Waals surface area contributed by atoms with Gasteiger partial charge in [-0.1, -0.05) is 20.3 Å². The van der Waals surface area contributed by atoms with E-state index in [9.17, 15) is 8.42 Å². The quantitative estimate of drug-likeness (QED) is 0.742. The van der Waals surface area contributed by atoms with Crippen molar-refractivity contribution < 1.29 is 8.42 Å². The molecule has 0 N–H and O–H groups in total. The molecule has 6 heteroatoms. The van der Waals surface area contributed by atoms with E-state index in [1.54, 1.807) is 0 Å². The van der Waals surface area contributed by atoms with Gasteiger partial charge >= 0.3 is 0 Å². The maximum absolute atomic E-state index is 11.2. The summed E-state index contributed by atoms with van der Waals surface area (Å²) in [6.07, 6.45) is 5.31. The zero-order valence-corrected chi connectivity index (χ0v) is 11.2. The molecule has 0 fully saturated rings. The lowest BCUT2D eigenvalue weighted by atomic mass is 10.3. The van der Waals surface area contributed by atoms with Crippen molar-refractivity contribution in [1.82, 2.24) is 9.55 Å². The first-order valence-corrected chi connectivity index (χ1v) is 7.80. The van der Waals surface area contributed by atoms with Crippen molar-refractivity contribution in [2.45, 2.75) is 51.1 Å². The van der Waals surface area contributed by atoms with E-state index in [-0.39, 0.29) is 5.03 Å². The van der Waals surface area contributed by atoms with Gasteiger partial charge in [0.05, 0.1) is 0 Å². The zero-order valence-electron chi connectivity index (χ0n) is 9.61. The summed E-state index contributed by atoms with van der Waals surface area (Å²) in [5, 5.41) is -0.0336. The zero-order chi connectivity index (χ0) is 12.2. The Morgan fingerprint density at radius 1 is 1.38 bits per heavy atom. The maximum atomic E-state index is 11.2. The SMILES string of the molecule is CCCCn1cc(S(=O)(=O)Cl)nc1CCC. The second-order valence-corrected chi connectivity index (χ2v) is 6.24. The van der Waals surface area contributed by atoms with Gasteiger partial charge in [0.25, 0.3) is 9.05 Å². The summed E-state index contributed by atoms with van der Waals surface area (Å²) in [6.45, 7) is 4.93. The highest BCUT2D eigenvalue weighted by atomic mass is 35.7. The maximum Gasteiger partial charge on any atom is 0.280 e. The van der Waals surface area contributed by atoms with E-state index in [2.05, 4.69) is 11.9 Å². The second kappa shape index (κ2) is 5.68. The average Bonchev–Trinajstić information content (AvgIpc) is 2.58. The number of imidazole rings is 1. The molecule has 4 nitrogen and oxygen atoms in total. The lowest BCUT2D eigenvalue weighted by molar-refractivity contribution is 0.597. The molecule has 0 aliphatic carbocycles. The minimum absolute atomic E-state index is 0.0336. The molecule has 0 spiro atoms. The van der Waals surface area contributed by atoms with E-state index in [1.165, 1.54) is 6.20 Å². The molecule has 0 saturated carbocycles. The Labute approximate surface area is 101 Å². The molecule has 0 aliphatic heterocycles. The van der Waals surface area contributed by atoms with E-state index in [0.717, 1.165) is 38.1 Å². The summed E-state index contributed by atoms with van der Waals surface area (Å²) >= 11 is 0. The van der Waals surface area contributed by atoms with Crippen LogP contribution in [0.2, 0.25) is 0 Å². The van der Waals surface area contributed by atoms with Crippen molar-refractivity contribution >= 4 is 19.7 Å². The summed E-state index contributed by atoms with van der Waals surface area (Å²) in [5.41, 5.74) is 0. The predicted molar refractivity (Wildman–Crippen MR) is 64.2 cm³/mol. The van der Waals surface area contributed by atoms with Crippen molar-refractivity contribution in [2.24, 2.45) is 0 Å². The Morgan fingerprint density at radius 2 is 2.06 bits per heavy atom. The van der Waals surface area contributed by atoms with Crippen LogP contribution in [0, 0.1) is 0 Å². The van der Waals surface area contributed by atoms with Crippen molar-refractivity contribution in [3.8, 4) is 0 Å². The third-order valence-electron chi connectivity index (χ3n) is 2.31. The number of aryl methyl sites for hydroxylation is 2. The molecule has 0 atom stereocenters. The summed E-state index contributed by atoms with van der Waals surface area (Å²) in [4.78, 5) is 4.07. The molecular formula is C10H17ClN2O2S. The van der Waals surface area contributed by atoms with Crippen molar-refractivity contribution in [3.63, 3.8) is 0 Å². The first-order chi connectivity index (χ1) is 7.49. The molecule has 0 aromatic carbocycles. The largest absolute Gasteiger partial charge is 0.333 e. The highest BCUT2D eigenvalue weighted by molar-refractivity contribution is 8.13. The molecule has 0 aliphatic rings. The Kier molecular flexibility index (Phi) is 4.80. The Bertz CT molecular complexity index is 440. The van der Waals surface area contributed by atoms with Crippen LogP contribution in [0.3, 0.4) is 0 Å². The van der Waals surface area contributed by atoms with E-state index in [0.29, 0.717) is 0 Å². The third-order valence-corrected chi connectivity index (χ3v) is 3.48. The number of unbranched alkanes of at least 4 members (excludes halogenated alkanes) is 1. The van der Waals surface area contributed by atoms with Gasteiger partial charge in [0.1, 0.15) is 5.82 Å². The van der Waals surface area contributed by atoms with Gasteiger partial charge in [-0.25, -0.2) is 13.4 Å². The van der Waals surface area contributed by atoms with Gasteiger partial charge in [0, 0.05) is 29.8 Å². The van der Waals surface area contributed by atoms with Crippen LogP contribution in [0.4, 0.5) is 0 Å². The van der Waals surface area contributed by atoms with Crippen LogP contribution in [0.1, 0.15) is 38.9 Å². The molecule has 1 rings (SSSR count). The molecule has 0 bridgehead atoms. The molecule has 0 unspecified atom stereocenters. The number of rotatable bonds is 6. The highest BCUT2D eigenvalue weighted by Gasteiger charge is 2.17. The molecule has 92 valence electrons. The summed E-state index contributed by atoms with van der Waals surface area (Å²) in [7, 11) is 1.57. The number of hydrogen-bond acceptors (Lipinski definition) is 3. The Balaban J connectivity index is 3.00. The van der Waals surface area contributed by atoms with Crippen LogP contribution in [0.5, 0.6) is 0 Å². The smallest absolute Gasteiger partial charge is 0.280 e. The monoisotopic (exact) mass is 264 g/mol. The van der Waals surface area contributed by atoms with Gasteiger partial charge in [-0.2, -0.15) is 0 Å². The lowest BCUT2D eigenvalue weighted by Gasteiger charge is -2.04. The Morgan fingerprint density at radius 3 is 2.56 bits per heavy atom. The number of hydrogen-bond donors (Lipinski definition) is 0. The van der Waals surface area contributed by atoms with Crippen LogP contribution in [-0.2, 0) is 22.0 Å². The van der Waals surface area contributed by atoms with Gasteiger partial charge in [0.15, 0.2) is 5.03 Å². The van der Waals surface area contributed by atoms with Gasteiger partial charge in [-0.15, -0.1) is 0 Å².